The van der Waals surface area contributed by atoms with Gasteiger partial charge in [-0.3, -0.25) is 9.89 Å². The Morgan fingerprint density at radius 1 is 0.944 bits per heavy atom. The maximum Gasteiger partial charge on any atom is 0.248 e. The van der Waals surface area contributed by atoms with Crippen molar-refractivity contribution in [1.82, 2.24) is 25.1 Å². The number of hydrogen-bond donors (Lipinski definition) is 3. The number of nitrogens with one attached hydrogen (secondary N) is 2. The molecule has 0 unspecified atom stereocenters. The summed E-state index contributed by atoms with van der Waals surface area (Å²) >= 11 is 0. The number of pyridine rings is 1. The van der Waals surface area contributed by atoms with Gasteiger partial charge in [0.15, 0.2) is 0 Å². The summed E-state index contributed by atoms with van der Waals surface area (Å²) in [6, 6.07) is 10.3. The van der Waals surface area contributed by atoms with Crippen LogP contribution in [0.25, 0.3) is 44.2 Å². The van der Waals surface area contributed by atoms with Gasteiger partial charge in [-0.25, -0.2) is 4.98 Å². The lowest BCUT2D eigenvalue weighted by molar-refractivity contribution is 0.0999. The number of carbonyl (C=O) groups is 1. The van der Waals surface area contributed by atoms with Crippen LogP contribution in [0.1, 0.15) is 21.5 Å². The van der Waals surface area contributed by atoms with E-state index in [0.29, 0.717) is 5.56 Å². The van der Waals surface area contributed by atoms with Crippen molar-refractivity contribution in [2.75, 3.05) is 38.1 Å². The molecule has 1 aliphatic heterocycles. The molecule has 1 fully saturated rings. The predicted molar refractivity (Wildman–Crippen MR) is 144 cm³/mol. The third kappa shape index (κ3) is 3.53. The summed E-state index contributed by atoms with van der Waals surface area (Å²) < 4.78 is 0. The number of carbonyl (C=O) groups excluding carboxylic acids is 1. The van der Waals surface area contributed by atoms with Gasteiger partial charge in [0.2, 0.25) is 5.91 Å². The highest BCUT2D eigenvalue weighted by Crippen LogP contribution is 2.37. The van der Waals surface area contributed by atoms with Gasteiger partial charge in [-0.1, -0.05) is 12.1 Å². The molecule has 0 spiro atoms. The fourth-order valence-electron chi connectivity index (χ4n) is 5.34. The first-order valence-electron chi connectivity index (χ1n) is 12.2. The highest BCUT2D eigenvalue weighted by atomic mass is 16.1. The van der Waals surface area contributed by atoms with Crippen LogP contribution in [0.15, 0.2) is 48.9 Å². The van der Waals surface area contributed by atoms with E-state index in [0.717, 1.165) is 81.5 Å². The number of H-pyrrole nitrogens is 2. The van der Waals surface area contributed by atoms with Gasteiger partial charge in [0, 0.05) is 66.0 Å². The first kappa shape index (κ1) is 22.3. The van der Waals surface area contributed by atoms with Crippen molar-refractivity contribution in [2.24, 2.45) is 5.73 Å². The van der Waals surface area contributed by atoms with E-state index >= 15 is 0 Å². The van der Waals surface area contributed by atoms with Gasteiger partial charge in [-0.2, -0.15) is 5.10 Å². The Morgan fingerprint density at radius 3 is 2.50 bits per heavy atom. The van der Waals surface area contributed by atoms with Crippen LogP contribution in [0.3, 0.4) is 0 Å². The maximum absolute atomic E-state index is 11.8. The van der Waals surface area contributed by atoms with E-state index in [-0.39, 0.29) is 0 Å². The van der Waals surface area contributed by atoms with Crippen LogP contribution in [-0.2, 0) is 0 Å². The highest BCUT2D eigenvalue weighted by Gasteiger charge is 2.20. The predicted octanol–water partition coefficient (Wildman–Crippen LogP) is 4.24. The lowest BCUT2D eigenvalue weighted by Crippen LogP contribution is -2.44. The zero-order valence-corrected chi connectivity index (χ0v) is 20.7. The van der Waals surface area contributed by atoms with E-state index in [1.54, 1.807) is 0 Å². The Labute approximate surface area is 209 Å². The van der Waals surface area contributed by atoms with Crippen LogP contribution < -0.4 is 10.6 Å². The molecule has 4 N–H and O–H groups in total. The molecule has 0 aliphatic carbocycles. The van der Waals surface area contributed by atoms with E-state index in [1.165, 1.54) is 5.69 Å². The zero-order chi connectivity index (χ0) is 25.0. The average molecular weight is 480 g/mol. The van der Waals surface area contributed by atoms with E-state index < -0.39 is 5.91 Å². The minimum atomic E-state index is -0.408. The smallest absolute Gasteiger partial charge is 0.248 e. The molecular weight excluding hydrogens is 450 g/mol. The number of nitrogens with zero attached hydrogens (tertiary/aromatic N) is 4. The Bertz CT molecular complexity index is 1620. The molecular formula is C28H29N7O. The Morgan fingerprint density at radius 2 is 1.72 bits per heavy atom. The second-order valence-corrected chi connectivity index (χ2v) is 9.68. The van der Waals surface area contributed by atoms with E-state index in [9.17, 15) is 4.79 Å². The Kier molecular flexibility index (Phi) is 5.26. The summed E-state index contributed by atoms with van der Waals surface area (Å²) in [5.74, 6) is -0.408. The largest absolute Gasteiger partial charge is 0.367 e. The molecule has 8 nitrogen and oxygen atoms in total. The number of hydrogen-bond acceptors (Lipinski definition) is 5. The molecule has 1 aliphatic rings. The summed E-state index contributed by atoms with van der Waals surface area (Å²) in [4.78, 5) is 24.6. The SMILES string of the molecule is Cc1c(C(N)=O)ccc(-c2c[nH]c3ncc(-c4ccc(N5CCN(C)CC5)c5[nH]ncc45)cc23)c1C. The number of amides is 1. The monoisotopic (exact) mass is 479 g/mol. The minimum Gasteiger partial charge on any atom is -0.367 e. The second kappa shape index (κ2) is 8.49. The number of piperazine rings is 1. The number of likely N-dealkylation sites (N-methyl/N-ethyl adjacent to an activating group) is 1. The first-order valence-corrected chi connectivity index (χ1v) is 12.2. The standard InChI is InChI=1S/C28H29N7O/c1-16-17(2)20(27(29)36)5-4-19(16)23-14-31-28-22(23)12-18(13-30-28)21-6-7-25(26-24(21)15-32-33-26)35-10-8-34(3)9-11-35/h4-7,12-15H,8-11H2,1-3H3,(H2,29,36)(H,30,31)(H,32,33). The van der Waals surface area contributed by atoms with E-state index in [1.807, 2.05) is 44.6 Å². The van der Waals surface area contributed by atoms with Crippen molar-refractivity contribution < 1.29 is 4.79 Å². The van der Waals surface area contributed by atoms with Crippen LogP contribution in [0, 0.1) is 13.8 Å². The Hall–Kier alpha value is -4.17. The van der Waals surface area contributed by atoms with E-state index in [2.05, 4.69) is 50.2 Å². The van der Waals surface area contributed by atoms with Crippen LogP contribution in [0.2, 0.25) is 0 Å². The molecule has 3 aromatic heterocycles. The van der Waals surface area contributed by atoms with Gasteiger partial charge < -0.3 is 20.5 Å². The van der Waals surface area contributed by atoms with Crippen LogP contribution in [0.4, 0.5) is 5.69 Å². The van der Waals surface area contributed by atoms with Gasteiger partial charge in [-0.15, -0.1) is 0 Å². The maximum atomic E-state index is 11.8. The average Bonchev–Trinajstić information content (AvgIpc) is 3.53. The number of benzene rings is 2. The fraction of sp³-hybridized carbons (Fsp3) is 0.250. The van der Waals surface area contributed by atoms with Gasteiger partial charge in [-0.05, 0) is 61.3 Å². The molecule has 1 saturated heterocycles. The molecule has 2 aromatic carbocycles. The number of rotatable bonds is 4. The summed E-state index contributed by atoms with van der Waals surface area (Å²) in [6.45, 7) is 8.06. The molecule has 0 radical (unpaired) electrons. The van der Waals surface area contributed by atoms with Crippen LogP contribution in [0.5, 0.6) is 0 Å². The number of aromatic nitrogens is 4. The number of anilines is 1. The first-order chi connectivity index (χ1) is 17.4. The number of primary amides is 1. The number of aromatic amines is 2. The summed E-state index contributed by atoms with van der Waals surface area (Å²) in [5, 5.41) is 9.74. The lowest BCUT2D eigenvalue weighted by Gasteiger charge is -2.34. The summed E-state index contributed by atoms with van der Waals surface area (Å²) in [7, 11) is 2.17. The van der Waals surface area contributed by atoms with Crippen molar-refractivity contribution in [3.8, 4) is 22.3 Å². The molecule has 8 heteroatoms. The lowest BCUT2D eigenvalue weighted by atomic mass is 9.93. The third-order valence-electron chi connectivity index (χ3n) is 7.62. The quantitative estimate of drug-likeness (QED) is 0.357. The van der Waals surface area contributed by atoms with Crippen LogP contribution >= 0.6 is 0 Å². The molecule has 0 saturated carbocycles. The topological polar surface area (TPSA) is 107 Å². The van der Waals surface area contributed by atoms with Crippen LogP contribution in [-0.4, -0.2) is 64.2 Å². The molecule has 6 rings (SSSR count). The number of nitrogens with two attached hydrogens (primary N) is 1. The minimum absolute atomic E-state index is 0.408. The van der Waals surface area contributed by atoms with Gasteiger partial charge in [0.1, 0.15) is 5.65 Å². The zero-order valence-electron chi connectivity index (χ0n) is 20.7. The van der Waals surface area contributed by atoms with Crippen molar-refractivity contribution in [2.45, 2.75) is 13.8 Å². The highest BCUT2D eigenvalue weighted by molar-refractivity contribution is 6.04. The molecule has 1 amide bonds. The second-order valence-electron chi connectivity index (χ2n) is 9.68. The Balaban J connectivity index is 1.45. The van der Waals surface area contributed by atoms with Gasteiger partial charge in [0.25, 0.3) is 0 Å². The van der Waals surface area contributed by atoms with Gasteiger partial charge >= 0.3 is 0 Å². The third-order valence-corrected chi connectivity index (χ3v) is 7.62. The molecule has 5 aromatic rings. The van der Waals surface area contributed by atoms with Gasteiger partial charge in [0.05, 0.1) is 17.4 Å². The number of fused-ring (bicyclic) bond motifs is 2. The van der Waals surface area contributed by atoms with Crippen molar-refractivity contribution in [3.63, 3.8) is 0 Å². The molecule has 0 atom stereocenters. The molecule has 0 bridgehead atoms. The van der Waals surface area contributed by atoms with Crippen molar-refractivity contribution in [3.05, 3.63) is 65.6 Å². The van der Waals surface area contributed by atoms with E-state index in [4.69, 9.17) is 10.7 Å². The normalized spacial score (nSPS) is 14.7. The molecule has 4 heterocycles. The van der Waals surface area contributed by atoms with Crippen molar-refractivity contribution in [1.29, 1.82) is 0 Å². The molecule has 182 valence electrons. The fourth-order valence-corrected chi connectivity index (χ4v) is 5.34. The molecule has 36 heavy (non-hydrogen) atoms. The van der Waals surface area contributed by atoms with Crippen molar-refractivity contribution >= 4 is 33.5 Å². The summed E-state index contributed by atoms with van der Waals surface area (Å²) in [6.07, 6.45) is 5.80. The summed E-state index contributed by atoms with van der Waals surface area (Å²) in [5.41, 5.74) is 15.3.